The van der Waals surface area contributed by atoms with Crippen molar-refractivity contribution in [2.24, 2.45) is 0 Å². The first kappa shape index (κ1) is 51.6. The van der Waals surface area contributed by atoms with Crippen molar-refractivity contribution < 1.29 is 60.0 Å². The largest absolute Gasteiger partial charge is 0.461 e. The van der Waals surface area contributed by atoms with Crippen LogP contribution in [-0.2, 0) is 21.8 Å². The van der Waals surface area contributed by atoms with Crippen LogP contribution in [0.5, 0.6) is 12.0 Å². The van der Waals surface area contributed by atoms with Gasteiger partial charge in [0.15, 0.2) is 17.9 Å². The number of benzene rings is 2. The van der Waals surface area contributed by atoms with Gasteiger partial charge in [0, 0.05) is 56.3 Å². The predicted octanol–water partition coefficient (Wildman–Crippen LogP) is 8.67. The average Bonchev–Trinajstić information content (AvgIpc) is 4.04. The van der Waals surface area contributed by atoms with Crippen molar-refractivity contribution in [1.82, 2.24) is 29.9 Å². The van der Waals surface area contributed by atoms with E-state index in [4.69, 9.17) is 24.1 Å². The van der Waals surface area contributed by atoms with Crippen LogP contribution in [0.2, 0.25) is 0 Å². The van der Waals surface area contributed by atoms with Gasteiger partial charge in [0.05, 0.1) is 59.2 Å². The summed E-state index contributed by atoms with van der Waals surface area (Å²) in [5, 5.41) is 14.4. The molecular weight excluding hydrogens is 1010 g/mol. The van der Waals surface area contributed by atoms with Crippen LogP contribution in [0.3, 0.4) is 0 Å². The number of halogens is 6. The molecule has 0 radical (unpaired) electrons. The standard InChI is InChI=1S/C28H29F3N6O4.C23H21F3N6O3/c29-28(30,31)19-5-3-4-18(16-19)21-7-8-22-25(33-21)37(20-10-12-36(22)17-20)27(38)35-23-9-11-32-26(34-23)41-15-14-40-24-6-1-2-13-39-24;24-23(25,26)15-3-1-2-14(12-15)17-4-5-18-20(28-17)32(16-7-9-31(18)13-16)22(34)30-19-6-8-27-21(29-19)35-11-10-33/h3-5,7-9,11,16,20,24H,1-2,6,10,12-15,17H2,(H,32,34,35,38);1-6,8,12,16,33H,7,9-11,13H2,(H,27,29,30,34)/t20-,24?;16-/m00/s1. The Kier molecular flexibility index (Phi) is 15.0. The van der Waals surface area contributed by atoms with E-state index >= 15 is 0 Å². The Morgan fingerprint density at radius 1 is 0.632 bits per heavy atom. The average molecular weight is 1060 g/mol. The Bertz CT molecular complexity index is 3060. The predicted molar refractivity (Wildman–Crippen MR) is 265 cm³/mol. The van der Waals surface area contributed by atoms with Gasteiger partial charge in [-0.05, 0) is 92.8 Å². The first-order valence-electron chi connectivity index (χ1n) is 24.5. The topological polar surface area (TPSA) is 206 Å². The summed E-state index contributed by atoms with van der Waals surface area (Å²) < 4.78 is 102. The molecule has 25 heteroatoms. The number of nitrogens with one attached hydrogen (secondary N) is 2. The number of urea groups is 2. The molecule has 3 atom stereocenters. The molecule has 4 amide bonds. The first-order chi connectivity index (χ1) is 36.7. The monoisotopic (exact) mass is 1060 g/mol. The fourth-order valence-electron chi connectivity index (χ4n) is 9.57. The Hall–Kier alpha value is -7.90. The number of nitrogens with zero attached hydrogens (tertiary/aromatic N) is 10. The molecule has 11 rings (SSSR count). The molecule has 0 aliphatic carbocycles. The molecule has 5 aliphatic heterocycles. The van der Waals surface area contributed by atoms with Crippen molar-refractivity contribution in [2.45, 2.75) is 62.8 Å². The minimum absolute atomic E-state index is 0.00731. The van der Waals surface area contributed by atoms with E-state index in [-0.39, 0.29) is 61.9 Å². The second-order valence-corrected chi connectivity index (χ2v) is 18.1. The maximum Gasteiger partial charge on any atom is 0.416 e. The van der Waals surface area contributed by atoms with Gasteiger partial charge in [0.25, 0.3) is 0 Å². The van der Waals surface area contributed by atoms with Gasteiger partial charge in [-0.15, -0.1) is 0 Å². The van der Waals surface area contributed by atoms with Crippen molar-refractivity contribution >= 4 is 46.7 Å². The number of pyridine rings is 2. The summed E-state index contributed by atoms with van der Waals surface area (Å²) in [5.74, 6) is 1.21. The van der Waals surface area contributed by atoms with Crippen molar-refractivity contribution in [3.8, 4) is 34.5 Å². The van der Waals surface area contributed by atoms with Crippen LogP contribution >= 0.6 is 0 Å². The Labute approximate surface area is 430 Å². The highest BCUT2D eigenvalue weighted by Crippen LogP contribution is 2.43. The van der Waals surface area contributed by atoms with E-state index < -0.39 is 35.5 Å². The molecule has 3 saturated heterocycles. The van der Waals surface area contributed by atoms with Gasteiger partial charge in [-0.3, -0.25) is 20.4 Å². The number of fused-ring (bicyclic) bond motifs is 8. The molecule has 9 heterocycles. The van der Waals surface area contributed by atoms with Crippen LogP contribution < -0.4 is 39.7 Å². The lowest BCUT2D eigenvalue weighted by molar-refractivity contribution is -0.165. The Morgan fingerprint density at radius 3 is 1.62 bits per heavy atom. The number of hydrogen-bond acceptors (Lipinski definition) is 15. The number of rotatable bonds is 12. The molecule has 4 bridgehead atoms. The van der Waals surface area contributed by atoms with E-state index in [2.05, 4.69) is 50.3 Å². The smallest absolute Gasteiger partial charge is 0.416 e. The lowest BCUT2D eigenvalue weighted by atomic mass is 10.1. The minimum atomic E-state index is -4.47. The SMILES string of the molecule is O=C(Nc1ccnc(OCCO)n1)N1c2nc(-c3cccc(C(F)(F)F)c3)ccc2N2CC[C@H]1C2.O=C(Nc1ccnc(OCCOC2CCCCO2)n1)N1c2nc(-c3cccc(C(F)(F)F)c3)ccc2N2CC[C@H]1C2. The molecule has 5 aliphatic rings. The third-order valence-electron chi connectivity index (χ3n) is 13.1. The second-order valence-electron chi connectivity index (χ2n) is 18.1. The van der Waals surface area contributed by atoms with Gasteiger partial charge in [0.1, 0.15) is 24.8 Å². The van der Waals surface area contributed by atoms with Crippen molar-refractivity contribution in [1.29, 1.82) is 0 Å². The third-order valence-corrected chi connectivity index (χ3v) is 13.1. The summed E-state index contributed by atoms with van der Waals surface area (Å²) >= 11 is 0. The normalized spacial score (nSPS) is 18.5. The summed E-state index contributed by atoms with van der Waals surface area (Å²) in [6.07, 6.45) is -1.86. The minimum Gasteiger partial charge on any atom is -0.461 e. The lowest BCUT2D eigenvalue weighted by Gasteiger charge is -2.35. The number of aliphatic hydroxyl groups is 1. The zero-order chi connectivity index (χ0) is 53.0. The van der Waals surface area contributed by atoms with Gasteiger partial charge in [-0.2, -0.15) is 36.3 Å². The molecule has 76 heavy (non-hydrogen) atoms. The Morgan fingerprint density at radius 2 is 1.14 bits per heavy atom. The van der Waals surface area contributed by atoms with Crippen LogP contribution in [0.4, 0.5) is 70.6 Å². The Balaban J connectivity index is 0.000000175. The quantitative estimate of drug-likeness (QED) is 0.0775. The van der Waals surface area contributed by atoms with Crippen LogP contribution in [0, 0.1) is 0 Å². The van der Waals surface area contributed by atoms with E-state index in [1.54, 1.807) is 47.4 Å². The molecule has 0 saturated carbocycles. The van der Waals surface area contributed by atoms with E-state index in [9.17, 15) is 35.9 Å². The summed E-state index contributed by atoms with van der Waals surface area (Å²) in [6, 6.07) is 18.8. The van der Waals surface area contributed by atoms with Crippen LogP contribution in [-0.4, -0.2) is 125 Å². The number of carbonyl (C=O) groups is 2. The fourth-order valence-corrected chi connectivity index (χ4v) is 9.57. The van der Waals surface area contributed by atoms with E-state index in [0.717, 1.165) is 80.8 Å². The van der Waals surface area contributed by atoms with Crippen molar-refractivity contribution in [2.75, 3.05) is 89.4 Å². The molecule has 19 nitrogen and oxygen atoms in total. The van der Waals surface area contributed by atoms with E-state index in [1.165, 1.54) is 35.5 Å². The van der Waals surface area contributed by atoms with E-state index in [0.29, 0.717) is 60.5 Å². The highest BCUT2D eigenvalue weighted by molar-refractivity contribution is 6.05. The third kappa shape index (κ3) is 11.6. The first-order valence-corrected chi connectivity index (χ1v) is 24.5. The van der Waals surface area contributed by atoms with Crippen molar-refractivity contribution in [3.63, 3.8) is 0 Å². The number of aliphatic hydroxyl groups excluding tert-OH is 1. The summed E-state index contributed by atoms with van der Waals surface area (Å²) in [5.41, 5.74) is 1.24. The zero-order valence-electron chi connectivity index (χ0n) is 40.5. The van der Waals surface area contributed by atoms with E-state index in [1.807, 2.05) is 0 Å². The van der Waals surface area contributed by atoms with Crippen molar-refractivity contribution in [3.05, 3.63) is 108 Å². The summed E-state index contributed by atoms with van der Waals surface area (Å²) in [7, 11) is 0. The molecule has 6 aromatic rings. The van der Waals surface area contributed by atoms with Gasteiger partial charge in [0.2, 0.25) is 0 Å². The molecule has 0 spiro atoms. The van der Waals surface area contributed by atoms with Gasteiger partial charge < -0.3 is 33.9 Å². The molecule has 3 fully saturated rings. The number of ether oxygens (including phenoxy) is 4. The molecule has 4 aromatic heterocycles. The second kappa shape index (κ2) is 22.1. The molecule has 398 valence electrons. The number of hydrogen-bond donors (Lipinski definition) is 3. The highest BCUT2D eigenvalue weighted by Gasteiger charge is 2.42. The lowest BCUT2D eigenvalue weighted by Crippen LogP contribution is -2.48. The number of anilines is 6. The summed E-state index contributed by atoms with van der Waals surface area (Å²) in [4.78, 5) is 60.0. The maximum absolute atomic E-state index is 13.6. The molecule has 3 N–H and O–H groups in total. The highest BCUT2D eigenvalue weighted by atomic mass is 19.4. The number of carbonyl (C=O) groups excluding carboxylic acids is 2. The number of aromatic nitrogens is 6. The van der Waals surface area contributed by atoms with Gasteiger partial charge >= 0.3 is 36.4 Å². The molecule has 1 unspecified atom stereocenters. The zero-order valence-corrected chi connectivity index (χ0v) is 40.5. The van der Waals surface area contributed by atoms with Gasteiger partial charge in [-0.1, -0.05) is 24.3 Å². The van der Waals surface area contributed by atoms with Crippen LogP contribution in [0.15, 0.2) is 97.3 Å². The van der Waals surface area contributed by atoms with Crippen LogP contribution in [0.1, 0.15) is 43.2 Å². The maximum atomic E-state index is 13.6. The summed E-state index contributed by atoms with van der Waals surface area (Å²) in [6.45, 7) is 3.76. The number of amides is 4. The van der Waals surface area contributed by atoms with Crippen LogP contribution in [0.25, 0.3) is 22.5 Å². The molecule has 2 aromatic carbocycles. The number of alkyl halides is 6. The molecular formula is C51H50F6N12O7. The van der Waals surface area contributed by atoms with Gasteiger partial charge in [-0.25, -0.2) is 29.5 Å². The fraction of sp³-hybridized carbons (Fsp3) is 0.373.